The first-order chi connectivity index (χ1) is 13.7. The number of nitrogens with one attached hydrogen (secondary N) is 1. The number of anilines is 1. The molecular weight excluding hydrogens is 432 g/mol. The molecule has 1 aromatic carbocycles. The number of ether oxygens (including phenoxy) is 2. The lowest BCUT2D eigenvalue weighted by Crippen LogP contribution is -2.36. The van der Waals surface area contributed by atoms with Crippen LogP contribution in [0.15, 0.2) is 52.7 Å². The molecule has 10 heteroatoms. The number of allylic oxidation sites excluding steroid dienone is 2. The number of aromatic nitrogens is 2. The standard InChI is InChI=1S/C18H13Cl3FN3O3/c1-27-16-4-9(22)2-3-14(16)28-15-7-13(20)12(19)6-11(15)18(26)24-10-5-17(21)25-23-8-10/h2-8,11,15H,1H3,(H,24,25,26)/i11D. The van der Waals surface area contributed by atoms with Gasteiger partial charge in [0.05, 0.1) is 35.0 Å². The number of halogens is 4. The van der Waals surface area contributed by atoms with E-state index in [1.54, 1.807) is 0 Å². The minimum Gasteiger partial charge on any atom is -0.493 e. The van der Waals surface area contributed by atoms with E-state index in [9.17, 15) is 9.18 Å². The first kappa shape index (κ1) is 19.0. The van der Waals surface area contributed by atoms with Crippen LogP contribution in [0.3, 0.4) is 0 Å². The minimum atomic E-state index is -2.02. The van der Waals surface area contributed by atoms with Gasteiger partial charge < -0.3 is 14.8 Å². The number of methoxy groups -OCH3 is 1. The van der Waals surface area contributed by atoms with E-state index in [1.165, 1.54) is 31.5 Å². The number of carbonyl (C=O) groups excluding carboxylic acids is 1. The quantitative estimate of drug-likeness (QED) is 0.731. The fraction of sp³-hybridized carbons (Fsp3) is 0.167. The molecular formula is C18H13Cl3FN3O3. The first-order valence-corrected chi connectivity index (χ1v) is 8.92. The Kier molecular flexibility index (Phi) is 5.95. The molecule has 6 nitrogen and oxygen atoms in total. The summed E-state index contributed by atoms with van der Waals surface area (Å²) in [6, 6.07) is 4.96. The Morgan fingerprint density at radius 2 is 1.96 bits per heavy atom. The molecule has 0 spiro atoms. The van der Waals surface area contributed by atoms with Crippen molar-refractivity contribution < 1.29 is 20.0 Å². The number of hydrogen-bond donors (Lipinski definition) is 1. The van der Waals surface area contributed by atoms with Crippen LogP contribution in [0.25, 0.3) is 0 Å². The van der Waals surface area contributed by atoms with Gasteiger partial charge in [0.15, 0.2) is 16.7 Å². The molecule has 0 bridgehead atoms. The number of hydrogen-bond acceptors (Lipinski definition) is 5. The van der Waals surface area contributed by atoms with E-state index < -0.39 is 23.7 Å². The van der Waals surface area contributed by atoms with E-state index in [0.29, 0.717) is 0 Å². The van der Waals surface area contributed by atoms with Crippen LogP contribution >= 0.6 is 34.8 Å². The smallest absolute Gasteiger partial charge is 0.235 e. The van der Waals surface area contributed by atoms with E-state index in [4.69, 9.17) is 45.6 Å². The van der Waals surface area contributed by atoms with Crippen LogP contribution < -0.4 is 14.8 Å². The number of amides is 1. The molecule has 0 radical (unpaired) electrons. The van der Waals surface area contributed by atoms with Crippen molar-refractivity contribution in [3.8, 4) is 11.5 Å². The highest BCUT2D eigenvalue weighted by atomic mass is 35.5. The topological polar surface area (TPSA) is 73.3 Å². The van der Waals surface area contributed by atoms with Gasteiger partial charge >= 0.3 is 0 Å². The molecule has 1 amide bonds. The maximum Gasteiger partial charge on any atom is 0.235 e. The van der Waals surface area contributed by atoms with E-state index in [2.05, 4.69) is 15.5 Å². The molecule has 146 valence electrons. The van der Waals surface area contributed by atoms with Gasteiger partial charge in [-0.3, -0.25) is 4.79 Å². The van der Waals surface area contributed by atoms with Gasteiger partial charge in [0.1, 0.15) is 11.9 Å². The highest BCUT2D eigenvalue weighted by Gasteiger charge is 2.32. The average Bonchev–Trinajstić information content (AvgIpc) is 2.67. The van der Waals surface area contributed by atoms with E-state index in [-0.39, 0.29) is 32.4 Å². The zero-order valence-corrected chi connectivity index (χ0v) is 16.5. The number of benzene rings is 1. The molecule has 1 aliphatic rings. The van der Waals surface area contributed by atoms with Crippen LogP contribution in [-0.4, -0.2) is 29.3 Å². The van der Waals surface area contributed by atoms with E-state index in [0.717, 1.165) is 18.2 Å². The van der Waals surface area contributed by atoms with Crippen molar-refractivity contribution in [1.82, 2.24) is 10.2 Å². The fourth-order valence-electron chi connectivity index (χ4n) is 2.37. The molecule has 0 saturated carbocycles. The third-order valence-electron chi connectivity index (χ3n) is 3.64. The average molecular weight is 446 g/mol. The zero-order valence-electron chi connectivity index (χ0n) is 15.2. The van der Waals surface area contributed by atoms with Crippen molar-refractivity contribution in [2.45, 2.75) is 6.10 Å². The Balaban J connectivity index is 1.94. The monoisotopic (exact) mass is 444 g/mol. The molecule has 2 aromatic rings. The molecule has 2 unspecified atom stereocenters. The van der Waals surface area contributed by atoms with Crippen LogP contribution in [0.1, 0.15) is 1.37 Å². The van der Waals surface area contributed by atoms with E-state index >= 15 is 0 Å². The molecule has 1 N–H and O–H groups in total. The third kappa shape index (κ3) is 4.73. The van der Waals surface area contributed by atoms with Crippen molar-refractivity contribution in [1.29, 1.82) is 0 Å². The summed E-state index contributed by atoms with van der Waals surface area (Å²) in [4.78, 5) is 12.9. The summed E-state index contributed by atoms with van der Waals surface area (Å²) in [5, 5.41) is 9.91. The predicted octanol–water partition coefficient (Wildman–Crippen LogP) is 4.54. The number of rotatable bonds is 5. The zero-order chi connectivity index (χ0) is 21.2. The second-order valence-electron chi connectivity index (χ2n) is 5.52. The number of carbonyl (C=O) groups is 1. The third-order valence-corrected chi connectivity index (χ3v) is 4.56. The summed E-state index contributed by atoms with van der Waals surface area (Å²) in [7, 11) is 1.34. The van der Waals surface area contributed by atoms with Crippen LogP contribution in [0, 0.1) is 11.7 Å². The highest BCUT2D eigenvalue weighted by molar-refractivity contribution is 6.44. The molecule has 28 heavy (non-hydrogen) atoms. The summed E-state index contributed by atoms with van der Waals surface area (Å²) in [5.41, 5.74) is 0.227. The Morgan fingerprint density at radius 3 is 2.68 bits per heavy atom. The minimum absolute atomic E-state index is 0.00798. The van der Waals surface area contributed by atoms with Crippen LogP contribution in [0.4, 0.5) is 10.1 Å². The van der Waals surface area contributed by atoms with Crippen molar-refractivity contribution in [2.24, 2.45) is 5.89 Å². The molecule has 0 saturated heterocycles. The lowest BCUT2D eigenvalue weighted by Gasteiger charge is -2.27. The molecule has 1 aliphatic carbocycles. The normalized spacial score (nSPS) is 21.9. The van der Waals surface area contributed by atoms with Crippen molar-refractivity contribution in [3.05, 3.63) is 63.6 Å². The lowest BCUT2D eigenvalue weighted by atomic mass is 9.96. The summed E-state index contributed by atoms with van der Waals surface area (Å²) >= 11 is 17.9. The van der Waals surface area contributed by atoms with Crippen LogP contribution in [0.2, 0.25) is 5.15 Å². The van der Waals surface area contributed by atoms with Crippen molar-refractivity contribution >= 4 is 46.4 Å². The largest absolute Gasteiger partial charge is 0.493 e. The predicted molar refractivity (Wildman–Crippen MR) is 104 cm³/mol. The Morgan fingerprint density at radius 1 is 1.21 bits per heavy atom. The summed E-state index contributed by atoms with van der Waals surface area (Å²) in [6.45, 7) is 0. The molecule has 0 aliphatic heterocycles. The molecule has 1 aromatic heterocycles. The molecule has 3 rings (SSSR count). The first-order valence-electron chi connectivity index (χ1n) is 8.29. The van der Waals surface area contributed by atoms with Crippen LogP contribution in [0.5, 0.6) is 11.5 Å². The van der Waals surface area contributed by atoms with Gasteiger partial charge in [-0.05, 0) is 24.3 Å². The SMILES string of the molecule is [2H]C1(C(=O)Nc2cnnc(Cl)c2)C=C(Cl)C(Cl)=CC1Oc1ccc(F)cc1OC. The Hall–Kier alpha value is -2.35. The number of nitrogens with zero attached hydrogens (tertiary/aromatic N) is 2. The Bertz CT molecular complexity index is 1020. The molecule has 1 heterocycles. The van der Waals surface area contributed by atoms with Crippen molar-refractivity contribution in [2.75, 3.05) is 12.4 Å². The Labute approximate surface area is 176 Å². The molecule has 2 atom stereocenters. The van der Waals surface area contributed by atoms with Gasteiger partial charge in [-0.15, -0.1) is 5.10 Å². The summed E-state index contributed by atoms with van der Waals surface area (Å²) in [5.74, 6) is -3.14. The van der Waals surface area contributed by atoms with Gasteiger partial charge in [-0.25, -0.2) is 4.39 Å². The van der Waals surface area contributed by atoms with Gasteiger partial charge in [0.2, 0.25) is 5.91 Å². The summed E-state index contributed by atoms with van der Waals surface area (Å²) in [6.07, 6.45) is 2.53. The van der Waals surface area contributed by atoms with Crippen molar-refractivity contribution in [3.63, 3.8) is 0 Å². The van der Waals surface area contributed by atoms with Gasteiger partial charge in [0, 0.05) is 13.5 Å². The van der Waals surface area contributed by atoms with Gasteiger partial charge in [0.25, 0.3) is 0 Å². The second kappa shape index (κ2) is 8.77. The van der Waals surface area contributed by atoms with Gasteiger partial charge in [-0.1, -0.05) is 34.8 Å². The molecule has 0 fully saturated rings. The van der Waals surface area contributed by atoms with E-state index in [1.807, 2.05) is 0 Å². The van der Waals surface area contributed by atoms with Crippen LogP contribution in [-0.2, 0) is 4.79 Å². The maximum atomic E-state index is 13.5. The summed E-state index contributed by atoms with van der Waals surface area (Å²) < 4.78 is 33.1. The second-order valence-corrected chi connectivity index (χ2v) is 6.72. The maximum absolute atomic E-state index is 13.5. The lowest BCUT2D eigenvalue weighted by molar-refractivity contribution is -0.120. The van der Waals surface area contributed by atoms with Gasteiger partial charge in [-0.2, -0.15) is 5.10 Å². The fourth-order valence-corrected chi connectivity index (χ4v) is 2.88. The highest BCUT2D eigenvalue weighted by Crippen LogP contribution is 2.35.